The standard InChI is InChI=1S/C15H21ClN2O2/c16-12-5-3-4-11(10-12)8-9-17-15(20)18-13-6-1-2-7-14(13)19/h3-5,10,13-14,19H,1-2,6-9H2,(H2,17,18,20). The molecule has 2 atom stereocenters. The molecule has 1 saturated carbocycles. The lowest BCUT2D eigenvalue weighted by molar-refractivity contribution is 0.0943. The second kappa shape index (κ2) is 7.50. The molecule has 1 aromatic carbocycles. The number of aliphatic hydroxyl groups excluding tert-OH is 1. The number of aliphatic hydroxyl groups is 1. The van der Waals surface area contributed by atoms with E-state index in [0.29, 0.717) is 11.6 Å². The zero-order chi connectivity index (χ0) is 14.4. The Kier molecular flexibility index (Phi) is 5.68. The molecule has 0 saturated heterocycles. The van der Waals surface area contributed by atoms with Gasteiger partial charge in [0.1, 0.15) is 0 Å². The molecule has 0 aromatic heterocycles. The molecule has 0 spiro atoms. The fraction of sp³-hybridized carbons (Fsp3) is 0.533. The van der Waals surface area contributed by atoms with Crippen LogP contribution in [0.5, 0.6) is 0 Å². The maximum Gasteiger partial charge on any atom is 0.315 e. The van der Waals surface area contributed by atoms with Crippen LogP contribution in [0.15, 0.2) is 24.3 Å². The minimum Gasteiger partial charge on any atom is -0.391 e. The van der Waals surface area contributed by atoms with Gasteiger partial charge in [-0.1, -0.05) is 36.6 Å². The maximum atomic E-state index is 11.8. The van der Waals surface area contributed by atoms with Crippen molar-refractivity contribution in [1.29, 1.82) is 0 Å². The first-order valence-corrected chi connectivity index (χ1v) is 7.50. The summed E-state index contributed by atoms with van der Waals surface area (Å²) in [5.41, 5.74) is 1.09. The molecule has 0 heterocycles. The van der Waals surface area contributed by atoms with Crippen molar-refractivity contribution in [2.24, 2.45) is 0 Å². The summed E-state index contributed by atoms with van der Waals surface area (Å²) in [6, 6.07) is 7.28. The summed E-state index contributed by atoms with van der Waals surface area (Å²) in [6.45, 7) is 0.551. The fourth-order valence-corrected chi connectivity index (χ4v) is 2.72. The van der Waals surface area contributed by atoms with Crippen molar-refractivity contribution in [2.75, 3.05) is 6.54 Å². The topological polar surface area (TPSA) is 61.4 Å². The van der Waals surface area contributed by atoms with Crippen LogP contribution < -0.4 is 10.6 Å². The average Bonchev–Trinajstić information content (AvgIpc) is 2.41. The molecule has 0 radical (unpaired) electrons. The van der Waals surface area contributed by atoms with E-state index >= 15 is 0 Å². The van der Waals surface area contributed by atoms with Crippen LogP contribution in [0.4, 0.5) is 4.79 Å². The highest BCUT2D eigenvalue weighted by Crippen LogP contribution is 2.18. The van der Waals surface area contributed by atoms with E-state index < -0.39 is 6.10 Å². The first-order chi connectivity index (χ1) is 9.65. The monoisotopic (exact) mass is 296 g/mol. The first-order valence-electron chi connectivity index (χ1n) is 7.12. The van der Waals surface area contributed by atoms with Crippen molar-refractivity contribution < 1.29 is 9.90 Å². The van der Waals surface area contributed by atoms with Gasteiger partial charge in [0.2, 0.25) is 0 Å². The summed E-state index contributed by atoms with van der Waals surface area (Å²) in [5, 5.41) is 16.2. The summed E-state index contributed by atoms with van der Waals surface area (Å²) in [7, 11) is 0. The molecule has 1 aliphatic carbocycles. The van der Waals surface area contributed by atoms with E-state index in [4.69, 9.17) is 11.6 Å². The largest absolute Gasteiger partial charge is 0.391 e. The summed E-state index contributed by atoms with van der Waals surface area (Å²) in [6.07, 6.45) is 4.04. The van der Waals surface area contributed by atoms with E-state index in [0.717, 1.165) is 37.7 Å². The van der Waals surface area contributed by atoms with Crippen LogP contribution >= 0.6 is 11.6 Å². The molecule has 0 aliphatic heterocycles. The van der Waals surface area contributed by atoms with Crippen molar-refractivity contribution in [3.8, 4) is 0 Å². The number of amides is 2. The maximum absolute atomic E-state index is 11.8. The number of carbonyl (C=O) groups is 1. The summed E-state index contributed by atoms with van der Waals surface area (Å²) in [5.74, 6) is 0. The van der Waals surface area contributed by atoms with Crippen molar-refractivity contribution in [3.05, 3.63) is 34.9 Å². The third-order valence-electron chi connectivity index (χ3n) is 3.63. The highest BCUT2D eigenvalue weighted by molar-refractivity contribution is 6.30. The van der Waals surface area contributed by atoms with E-state index in [1.165, 1.54) is 0 Å². The third kappa shape index (κ3) is 4.69. The predicted octanol–water partition coefficient (Wildman–Crippen LogP) is 2.49. The molecule has 5 heteroatoms. The van der Waals surface area contributed by atoms with Gasteiger partial charge in [-0.15, -0.1) is 0 Å². The number of hydrogen-bond acceptors (Lipinski definition) is 2. The molecule has 2 amide bonds. The Morgan fingerprint density at radius 3 is 2.90 bits per heavy atom. The zero-order valence-electron chi connectivity index (χ0n) is 11.4. The highest BCUT2D eigenvalue weighted by atomic mass is 35.5. The lowest BCUT2D eigenvalue weighted by atomic mass is 9.93. The van der Waals surface area contributed by atoms with Crippen LogP contribution in [0, 0.1) is 0 Å². The number of urea groups is 1. The number of nitrogens with one attached hydrogen (secondary N) is 2. The van der Waals surface area contributed by atoms with Gasteiger partial charge >= 0.3 is 6.03 Å². The van der Waals surface area contributed by atoms with Crippen LogP contribution in [0.2, 0.25) is 5.02 Å². The number of rotatable bonds is 4. The van der Waals surface area contributed by atoms with E-state index in [-0.39, 0.29) is 12.1 Å². The minimum atomic E-state index is -0.414. The Bertz CT molecular complexity index is 453. The van der Waals surface area contributed by atoms with Gasteiger partial charge in [-0.3, -0.25) is 0 Å². The smallest absolute Gasteiger partial charge is 0.315 e. The van der Waals surface area contributed by atoms with Gasteiger partial charge < -0.3 is 15.7 Å². The second-order valence-corrected chi connectivity index (χ2v) is 5.67. The van der Waals surface area contributed by atoms with Crippen LogP contribution in [0.1, 0.15) is 31.2 Å². The molecule has 2 unspecified atom stereocenters. The van der Waals surface area contributed by atoms with Gasteiger partial charge in [-0.2, -0.15) is 0 Å². The molecule has 1 aromatic rings. The number of halogens is 1. The SMILES string of the molecule is O=C(NCCc1cccc(Cl)c1)NC1CCCCC1O. The number of benzene rings is 1. The molecule has 1 aliphatic rings. The van der Waals surface area contributed by atoms with Gasteiger partial charge in [-0.25, -0.2) is 4.79 Å². The quantitative estimate of drug-likeness (QED) is 0.799. The Morgan fingerprint density at radius 1 is 1.35 bits per heavy atom. The fourth-order valence-electron chi connectivity index (χ4n) is 2.51. The lowest BCUT2D eigenvalue weighted by Crippen LogP contribution is -2.49. The molecule has 20 heavy (non-hydrogen) atoms. The molecular formula is C15H21ClN2O2. The lowest BCUT2D eigenvalue weighted by Gasteiger charge is -2.28. The van der Waals surface area contributed by atoms with Gasteiger partial charge in [0.05, 0.1) is 12.1 Å². The van der Waals surface area contributed by atoms with E-state index in [9.17, 15) is 9.90 Å². The van der Waals surface area contributed by atoms with Gasteiger partial charge in [0, 0.05) is 11.6 Å². The summed E-state index contributed by atoms with van der Waals surface area (Å²) < 4.78 is 0. The second-order valence-electron chi connectivity index (χ2n) is 5.24. The minimum absolute atomic E-state index is 0.116. The van der Waals surface area contributed by atoms with Crippen LogP contribution in [-0.2, 0) is 6.42 Å². The van der Waals surface area contributed by atoms with Crippen LogP contribution in [-0.4, -0.2) is 29.8 Å². The zero-order valence-corrected chi connectivity index (χ0v) is 12.2. The summed E-state index contributed by atoms with van der Waals surface area (Å²) in [4.78, 5) is 11.8. The van der Waals surface area contributed by atoms with Gasteiger partial charge in [0.15, 0.2) is 0 Å². The molecule has 110 valence electrons. The number of carbonyl (C=O) groups excluding carboxylic acids is 1. The molecule has 0 bridgehead atoms. The van der Waals surface area contributed by atoms with Crippen molar-refractivity contribution >= 4 is 17.6 Å². The molecule has 3 N–H and O–H groups in total. The molecule has 1 fully saturated rings. The Balaban J connectivity index is 1.70. The first kappa shape index (κ1) is 15.1. The van der Waals surface area contributed by atoms with E-state index in [2.05, 4.69) is 10.6 Å². The Hall–Kier alpha value is -1.26. The van der Waals surface area contributed by atoms with Crippen molar-refractivity contribution in [3.63, 3.8) is 0 Å². The predicted molar refractivity (Wildman–Crippen MR) is 80.0 cm³/mol. The van der Waals surface area contributed by atoms with Crippen molar-refractivity contribution in [1.82, 2.24) is 10.6 Å². The van der Waals surface area contributed by atoms with Crippen molar-refractivity contribution in [2.45, 2.75) is 44.2 Å². The van der Waals surface area contributed by atoms with E-state index in [1.54, 1.807) is 0 Å². The Labute approximate surface area is 124 Å². The third-order valence-corrected chi connectivity index (χ3v) is 3.87. The van der Waals surface area contributed by atoms with Crippen LogP contribution in [0.25, 0.3) is 0 Å². The van der Waals surface area contributed by atoms with Crippen LogP contribution in [0.3, 0.4) is 0 Å². The highest BCUT2D eigenvalue weighted by Gasteiger charge is 2.24. The molecule has 4 nitrogen and oxygen atoms in total. The van der Waals surface area contributed by atoms with Gasteiger partial charge in [0.25, 0.3) is 0 Å². The molecule has 2 rings (SSSR count). The average molecular weight is 297 g/mol. The van der Waals surface area contributed by atoms with E-state index in [1.807, 2.05) is 24.3 Å². The van der Waals surface area contributed by atoms with Gasteiger partial charge in [-0.05, 0) is 37.0 Å². The molecular weight excluding hydrogens is 276 g/mol. The number of hydrogen-bond donors (Lipinski definition) is 3. The summed E-state index contributed by atoms with van der Waals surface area (Å²) >= 11 is 5.90. The Morgan fingerprint density at radius 2 is 2.15 bits per heavy atom. The normalized spacial score (nSPS) is 22.3.